The van der Waals surface area contributed by atoms with Crippen LogP contribution < -0.4 is 10.4 Å². The van der Waals surface area contributed by atoms with Crippen molar-refractivity contribution in [3.8, 4) is 5.75 Å². The molecule has 1 aliphatic rings. The van der Waals surface area contributed by atoms with E-state index in [-0.39, 0.29) is 0 Å². The summed E-state index contributed by atoms with van der Waals surface area (Å²) in [7, 11) is -2.89. The lowest BCUT2D eigenvalue weighted by Crippen LogP contribution is -2.42. The SMILES string of the molecule is C[Si](C)(C)c1c2c([c-]([Si](C)(C)C)c1O)CCCC2. The van der Waals surface area contributed by atoms with Gasteiger partial charge >= 0.3 is 0 Å². The van der Waals surface area contributed by atoms with E-state index >= 15 is 0 Å². The minimum atomic E-state index is -1.44. The van der Waals surface area contributed by atoms with Crippen LogP contribution in [0.4, 0.5) is 0 Å². The number of hydrogen-bond acceptors (Lipinski definition) is 1. The van der Waals surface area contributed by atoms with Crippen LogP contribution in [0.25, 0.3) is 0 Å². The smallest absolute Gasteiger partial charge is 0.0193 e. The van der Waals surface area contributed by atoms with E-state index in [1.54, 1.807) is 11.1 Å². The average molecular weight is 280 g/mol. The normalized spacial score (nSPS) is 16.8. The van der Waals surface area contributed by atoms with Crippen molar-refractivity contribution in [3.05, 3.63) is 11.1 Å². The fourth-order valence-corrected chi connectivity index (χ4v) is 7.64. The van der Waals surface area contributed by atoms with Crippen LogP contribution in [0, 0.1) is 0 Å². The van der Waals surface area contributed by atoms with E-state index in [4.69, 9.17) is 0 Å². The van der Waals surface area contributed by atoms with E-state index in [2.05, 4.69) is 39.3 Å². The van der Waals surface area contributed by atoms with Gasteiger partial charge in [-0.05, 0) is 0 Å². The average Bonchev–Trinajstić information content (AvgIpc) is 2.47. The zero-order valence-corrected chi connectivity index (χ0v) is 14.8. The molecule has 0 atom stereocenters. The maximum atomic E-state index is 10.8. The number of hydrogen-bond donors (Lipinski definition) is 1. The summed E-state index contributed by atoms with van der Waals surface area (Å²) in [6, 6.07) is 0. The van der Waals surface area contributed by atoms with Gasteiger partial charge < -0.3 is 5.11 Å². The highest BCUT2D eigenvalue weighted by Gasteiger charge is 2.28. The Labute approximate surface area is 114 Å². The van der Waals surface area contributed by atoms with Gasteiger partial charge in [-0.3, -0.25) is 0 Å². The molecule has 2 rings (SSSR count). The van der Waals surface area contributed by atoms with Crippen LogP contribution in [0.15, 0.2) is 0 Å². The monoisotopic (exact) mass is 279 g/mol. The maximum absolute atomic E-state index is 10.8. The minimum Gasteiger partial charge on any atom is -0.534 e. The summed E-state index contributed by atoms with van der Waals surface area (Å²) in [6.45, 7) is 14.2. The van der Waals surface area contributed by atoms with Crippen molar-refractivity contribution in [2.75, 3.05) is 0 Å². The second-order valence-electron chi connectivity index (χ2n) is 7.76. The molecule has 1 N–H and O–H groups in total. The Bertz CT molecular complexity index is 417. The highest BCUT2D eigenvalue weighted by Crippen LogP contribution is 2.30. The third kappa shape index (κ3) is 2.23. The summed E-state index contributed by atoms with van der Waals surface area (Å²) >= 11 is 0. The molecule has 1 aromatic carbocycles. The molecule has 0 saturated carbocycles. The Kier molecular flexibility index (Phi) is 3.35. The standard InChI is InChI=1S/C15H27OSi2/c1-17(2,3)14-11-9-7-8-10-12(11)15(13(14)16)18(4,5)6/h16H,7-10H2,1-6H3/q-1. The van der Waals surface area contributed by atoms with Crippen LogP contribution in [0.3, 0.4) is 0 Å². The minimum absolute atomic E-state index is 0.709. The molecule has 0 bridgehead atoms. The van der Waals surface area contributed by atoms with E-state index in [1.807, 2.05) is 0 Å². The summed E-state index contributed by atoms with van der Waals surface area (Å²) in [6.07, 6.45) is 5.01. The van der Waals surface area contributed by atoms with Gasteiger partial charge in [-0.15, -0.1) is 5.19 Å². The predicted molar refractivity (Wildman–Crippen MR) is 86.3 cm³/mol. The zero-order chi connectivity index (χ0) is 13.7. The van der Waals surface area contributed by atoms with E-state index < -0.39 is 16.1 Å². The second kappa shape index (κ2) is 4.31. The summed E-state index contributed by atoms with van der Waals surface area (Å²) in [5, 5.41) is 13.6. The Morgan fingerprint density at radius 2 is 1.50 bits per heavy atom. The lowest BCUT2D eigenvalue weighted by atomic mass is 9.96. The largest absolute Gasteiger partial charge is 0.534 e. The van der Waals surface area contributed by atoms with Crippen molar-refractivity contribution in [3.63, 3.8) is 0 Å². The van der Waals surface area contributed by atoms with E-state index in [0.29, 0.717) is 5.75 Å². The van der Waals surface area contributed by atoms with Crippen molar-refractivity contribution >= 4 is 26.5 Å². The van der Waals surface area contributed by atoms with Gasteiger partial charge in [0.1, 0.15) is 0 Å². The maximum Gasteiger partial charge on any atom is 0.0193 e. The first-order chi connectivity index (χ1) is 8.14. The van der Waals surface area contributed by atoms with Gasteiger partial charge in [0, 0.05) is 21.9 Å². The van der Waals surface area contributed by atoms with Crippen LogP contribution in [-0.4, -0.2) is 21.3 Å². The van der Waals surface area contributed by atoms with Gasteiger partial charge in [0.25, 0.3) is 0 Å². The van der Waals surface area contributed by atoms with Crippen molar-refractivity contribution in [2.24, 2.45) is 0 Å². The molecule has 1 aromatic rings. The molecule has 0 spiro atoms. The van der Waals surface area contributed by atoms with Crippen LogP contribution in [-0.2, 0) is 12.8 Å². The van der Waals surface area contributed by atoms with Gasteiger partial charge in [-0.1, -0.05) is 65.0 Å². The molecule has 0 aromatic heterocycles. The molecule has 1 aliphatic carbocycles. The van der Waals surface area contributed by atoms with Gasteiger partial charge in [-0.2, -0.15) is 16.3 Å². The third-order valence-electron chi connectivity index (χ3n) is 4.04. The Morgan fingerprint density at radius 3 is 2.00 bits per heavy atom. The van der Waals surface area contributed by atoms with Crippen LogP contribution in [0.1, 0.15) is 24.0 Å². The quantitative estimate of drug-likeness (QED) is 0.651. The van der Waals surface area contributed by atoms with Gasteiger partial charge in [0.15, 0.2) is 0 Å². The molecule has 0 saturated heterocycles. The first-order valence-electron chi connectivity index (χ1n) is 7.18. The van der Waals surface area contributed by atoms with Gasteiger partial charge in [0.05, 0.1) is 0 Å². The van der Waals surface area contributed by atoms with Crippen LogP contribution in [0.2, 0.25) is 39.3 Å². The van der Waals surface area contributed by atoms with Crippen molar-refractivity contribution in [1.29, 1.82) is 0 Å². The van der Waals surface area contributed by atoms with Crippen LogP contribution >= 0.6 is 0 Å². The lowest BCUT2D eigenvalue weighted by molar-refractivity contribution is 0.484. The highest BCUT2D eigenvalue weighted by atomic mass is 28.3. The molecular weight excluding hydrogens is 252 g/mol. The summed E-state index contributed by atoms with van der Waals surface area (Å²) in [5.74, 6) is 0.709. The Balaban J connectivity index is 2.73. The third-order valence-corrected chi connectivity index (χ3v) is 8.12. The number of aromatic hydroxyl groups is 1. The Morgan fingerprint density at radius 1 is 0.944 bits per heavy atom. The molecule has 3 heteroatoms. The first-order valence-corrected chi connectivity index (χ1v) is 14.2. The lowest BCUT2D eigenvalue weighted by Gasteiger charge is -2.30. The molecule has 0 amide bonds. The molecule has 0 radical (unpaired) electrons. The first kappa shape index (κ1) is 14.0. The summed E-state index contributed by atoms with van der Waals surface area (Å²) < 4.78 is 0. The molecule has 18 heavy (non-hydrogen) atoms. The van der Waals surface area contributed by atoms with E-state index in [9.17, 15) is 5.11 Å². The fraction of sp³-hybridized carbons (Fsp3) is 0.667. The summed E-state index contributed by atoms with van der Waals surface area (Å²) in [4.78, 5) is 0. The van der Waals surface area contributed by atoms with Crippen molar-refractivity contribution < 1.29 is 5.11 Å². The van der Waals surface area contributed by atoms with E-state index in [0.717, 1.165) is 0 Å². The topological polar surface area (TPSA) is 20.2 Å². The number of fused-ring (bicyclic) bond motifs is 1. The molecule has 0 aliphatic heterocycles. The molecular formula is C15H27OSi2-. The molecule has 0 fully saturated rings. The van der Waals surface area contributed by atoms with Crippen molar-refractivity contribution in [1.82, 2.24) is 0 Å². The molecule has 0 unspecified atom stereocenters. The zero-order valence-electron chi connectivity index (χ0n) is 12.8. The van der Waals surface area contributed by atoms with Gasteiger partial charge in [0.2, 0.25) is 0 Å². The van der Waals surface area contributed by atoms with Crippen LogP contribution in [0.5, 0.6) is 5.75 Å². The van der Waals surface area contributed by atoms with Gasteiger partial charge in [-0.25, -0.2) is 0 Å². The second-order valence-corrected chi connectivity index (χ2v) is 17.8. The highest BCUT2D eigenvalue weighted by molar-refractivity contribution is 6.93. The summed E-state index contributed by atoms with van der Waals surface area (Å²) in [5.41, 5.74) is 3.10. The molecule has 102 valence electrons. The molecule has 1 nitrogen and oxygen atoms in total. The predicted octanol–water partition coefficient (Wildman–Crippen LogP) is 3.08. The van der Waals surface area contributed by atoms with E-state index in [1.165, 1.54) is 36.1 Å². The fourth-order valence-electron chi connectivity index (χ4n) is 3.48. The van der Waals surface area contributed by atoms with Crippen molar-refractivity contribution in [2.45, 2.75) is 65.0 Å². The Hall–Kier alpha value is -0.416. The molecule has 0 heterocycles. The number of rotatable bonds is 2.